The molecular formula is C12H23N. The van der Waals surface area contributed by atoms with Crippen LogP contribution in [0.2, 0.25) is 0 Å². The minimum atomic E-state index is 0.325. The van der Waals surface area contributed by atoms with Gasteiger partial charge in [0.15, 0.2) is 0 Å². The van der Waals surface area contributed by atoms with Gasteiger partial charge in [0, 0.05) is 18.8 Å². The molecule has 0 heterocycles. The minimum absolute atomic E-state index is 0.325. The van der Waals surface area contributed by atoms with E-state index in [2.05, 4.69) is 45.8 Å². The van der Waals surface area contributed by atoms with Gasteiger partial charge in [0.2, 0.25) is 0 Å². The Balaban J connectivity index is 4.13. The molecule has 0 saturated heterocycles. The Kier molecular flexibility index (Phi) is 4.82. The van der Waals surface area contributed by atoms with E-state index in [-0.39, 0.29) is 0 Å². The highest BCUT2D eigenvalue weighted by atomic mass is 15.1. The molecule has 0 aromatic heterocycles. The van der Waals surface area contributed by atoms with E-state index in [0.29, 0.717) is 5.41 Å². The zero-order valence-electron chi connectivity index (χ0n) is 9.56. The van der Waals surface area contributed by atoms with Gasteiger partial charge in [0.1, 0.15) is 0 Å². The number of rotatable bonds is 5. The van der Waals surface area contributed by atoms with Crippen LogP contribution in [0.3, 0.4) is 0 Å². The first-order valence-corrected chi connectivity index (χ1v) is 4.94. The molecule has 0 saturated carbocycles. The van der Waals surface area contributed by atoms with E-state index in [1.165, 1.54) is 5.70 Å². The summed E-state index contributed by atoms with van der Waals surface area (Å²) in [6.07, 6.45) is 2.98. The largest absolute Gasteiger partial charge is 0.372 e. The maximum atomic E-state index is 4.11. The fourth-order valence-corrected chi connectivity index (χ4v) is 1.36. The smallest absolute Gasteiger partial charge is 0.0353 e. The highest BCUT2D eigenvalue weighted by Gasteiger charge is 2.14. The second kappa shape index (κ2) is 5.11. The molecule has 0 aromatic carbocycles. The van der Waals surface area contributed by atoms with Crippen molar-refractivity contribution in [1.82, 2.24) is 4.90 Å². The summed E-state index contributed by atoms with van der Waals surface area (Å²) < 4.78 is 0. The van der Waals surface area contributed by atoms with Gasteiger partial charge in [-0.1, -0.05) is 33.4 Å². The predicted molar refractivity (Wildman–Crippen MR) is 60.7 cm³/mol. The molecule has 0 radical (unpaired) electrons. The lowest BCUT2D eigenvalue weighted by molar-refractivity contribution is 0.319. The SMILES string of the molecule is C=CCN(CC)C(=C)CC(C)(C)C. The Hall–Kier alpha value is -0.720. The van der Waals surface area contributed by atoms with Crippen LogP contribution in [0.4, 0.5) is 0 Å². The third kappa shape index (κ3) is 5.51. The van der Waals surface area contributed by atoms with Crippen LogP contribution in [-0.4, -0.2) is 18.0 Å². The quantitative estimate of drug-likeness (QED) is 0.587. The molecule has 0 fully saturated rings. The first kappa shape index (κ1) is 12.3. The maximum Gasteiger partial charge on any atom is 0.0353 e. The van der Waals surface area contributed by atoms with Crippen LogP contribution >= 0.6 is 0 Å². The van der Waals surface area contributed by atoms with E-state index in [0.717, 1.165) is 19.5 Å². The van der Waals surface area contributed by atoms with Crippen LogP contribution in [0.5, 0.6) is 0 Å². The summed E-state index contributed by atoms with van der Waals surface area (Å²) in [7, 11) is 0. The van der Waals surface area contributed by atoms with Gasteiger partial charge in [-0.15, -0.1) is 6.58 Å². The number of allylic oxidation sites excluding steroid dienone is 1. The van der Waals surface area contributed by atoms with Crippen molar-refractivity contribution in [3.05, 3.63) is 24.9 Å². The Morgan fingerprint density at radius 3 is 2.23 bits per heavy atom. The average molecular weight is 181 g/mol. The van der Waals surface area contributed by atoms with Crippen LogP contribution in [0.25, 0.3) is 0 Å². The molecule has 1 nitrogen and oxygen atoms in total. The predicted octanol–water partition coefficient (Wildman–Crippen LogP) is 3.44. The zero-order valence-corrected chi connectivity index (χ0v) is 9.56. The van der Waals surface area contributed by atoms with Crippen molar-refractivity contribution in [3.8, 4) is 0 Å². The molecule has 0 amide bonds. The molecule has 0 aliphatic carbocycles. The minimum Gasteiger partial charge on any atom is -0.372 e. The molecular weight excluding hydrogens is 158 g/mol. The van der Waals surface area contributed by atoms with Gasteiger partial charge in [-0.05, 0) is 18.8 Å². The summed E-state index contributed by atoms with van der Waals surface area (Å²) in [5, 5.41) is 0. The van der Waals surface area contributed by atoms with E-state index in [4.69, 9.17) is 0 Å². The highest BCUT2D eigenvalue weighted by Crippen LogP contribution is 2.24. The molecule has 0 bridgehead atoms. The molecule has 0 aromatic rings. The molecule has 0 aliphatic heterocycles. The van der Waals surface area contributed by atoms with Crippen LogP contribution in [0.15, 0.2) is 24.9 Å². The van der Waals surface area contributed by atoms with Gasteiger partial charge in [0.05, 0.1) is 0 Å². The monoisotopic (exact) mass is 181 g/mol. The fraction of sp³-hybridized carbons (Fsp3) is 0.667. The van der Waals surface area contributed by atoms with Crippen LogP contribution < -0.4 is 0 Å². The molecule has 0 unspecified atom stereocenters. The lowest BCUT2D eigenvalue weighted by atomic mass is 9.90. The van der Waals surface area contributed by atoms with E-state index in [9.17, 15) is 0 Å². The maximum absolute atomic E-state index is 4.11. The van der Waals surface area contributed by atoms with Crippen molar-refractivity contribution >= 4 is 0 Å². The third-order valence-electron chi connectivity index (χ3n) is 1.91. The van der Waals surface area contributed by atoms with Crippen molar-refractivity contribution in [2.24, 2.45) is 5.41 Å². The first-order chi connectivity index (χ1) is 5.90. The Bertz CT molecular complexity index is 174. The summed E-state index contributed by atoms with van der Waals surface area (Å²) in [4.78, 5) is 2.26. The van der Waals surface area contributed by atoms with Gasteiger partial charge in [-0.2, -0.15) is 0 Å². The van der Waals surface area contributed by atoms with Crippen LogP contribution in [0, 0.1) is 5.41 Å². The molecule has 0 rings (SSSR count). The number of hydrogen-bond acceptors (Lipinski definition) is 1. The third-order valence-corrected chi connectivity index (χ3v) is 1.91. The standard InChI is InChI=1S/C12H23N/c1-7-9-13(8-2)11(3)10-12(4,5)6/h7H,1,3,8-10H2,2,4-6H3. The summed E-state index contributed by atoms with van der Waals surface area (Å²) >= 11 is 0. The van der Waals surface area contributed by atoms with Gasteiger partial charge in [-0.3, -0.25) is 0 Å². The van der Waals surface area contributed by atoms with Crippen molar-refractivity contribution in [3.63, 3.8) is 0 Å². The summed E-state index contributed by atoms with van der Waals surface area (Å²) in [6.45, 7) is 18.6. The van der Waals surface area contributed by atoms with Crippen molar-refractivity contribution < 1.29 is 0 Å². The Labute approximate surface area is 83.1 Å². The van der Waals surface area contributed by atoms with Crippen molar-refractivity contribution in [2.45, 2.75) is 34.1 Å². The average Bonchev–Trinajstić information content (AvgIpc) is 1.96. The van der Waals surface area contributed by atoms with Gasteiger partial charge in [0.25, 0.3) is 0 Å². The van der Waals surface area contributed by atoms with Crippen molar-refractivity contribution in [1.29, 1.82) is 0 Å². The molecule has 0 N–H and O–H groups in total. The van der Waals surface area contributed by atoms with E-state index in [1.54, 1.807) is 0 Å². The fourth-order valence-electron chi connectivity index (χ4n) is 1.36. The van der Waals surface area contributed by atoms with E-state index in [1.807, 2.05) is 6.08 Å². The Morgan fingerprint density at radius 1 is 1.38 bits per heavy atom. The van der Waals surface area contributed by atoms with Gasteiger partial charge in [-0.25, -0.2) is 0 Å². The summed E-state index contributed by atoms with van der Waals surface area (Å²) in [6, 6.07) is 0. The van der Waals surface area contributed by atoms with Crippen LogP contribution in [0.1, 0.15) is 34.1 Å². The Morgan fingerprint density at radius 2 is 1.92 bits per heavy atom. The molecule has 13 heavy (non-hydrogen) atoms. The normalized spacial score (nSPS) is 11.1. The van der Waals surface area contributed by atoms with Gasteiger partial charge < -0.3 is 4.90 Å². The van der Waals surface area contributed by atoms with Crippen LogP contribution in [-0.2, 0) is 0 Å². The molecule has 1 heteroatoms. The lowest BCUT2D eigenvalue weighted by Gasteiger charge is -2.28. The van der Waals surface area contributed by atoms with E-state index >= 15 is 0 Å². The second-order valence-corrected chi connectivity index (χ2v) is 4.63. The summed E-state index contributed by atoms with van der Waals surface area (Å²) in [5.41, 5.74) is 1.54. The molecule has 0 spiro atoms. The zero-order chi connectivity index (χ0) is 10.5. The lowest BCUT2D eigenvalue weighted by Crippen LogP contribution is -2.24. The van der Waals surface area contributed by atoms with E-state index < -0.39 is 0 Å². The molecule has 0 atom stereocenters. The topological polar surface area (TPSA) is 3.24 Å². The number of likely N-dealkylation sites (N-methyl/N-ethyl adjacent to an activating group) is 1. The molecule has 0 aliphatic rings. The van der Waals surface area contributed by atoms with Crippen molar-refractivity contribution in [2.75, 3.05) is 13.1 Å². The summed E-state index contributed by atoms with van der Waals surface area (Å²) in [5.74, 6) is 0. The van der Waals surface area contributed by atoms with Gasteiger partial charge >= 0.3 is 0 Å². The molecule has 76 valence electrons. The first-order valence-electron chi connectivity index (χ1n) is 4.94. The number of hydrogen-bond donors (Lipinski definition) is 0. The second-order valence-electron chi connectivity index (χ2n) is 4.63. The highest BCUT2D eigenvalue weighted by molar-refractivity contribution is 4.98. The number of nitrogens with zero attached hydrogens (tertiary/aromatic N) is 1.